The summed E-state index contributed by atoms with van der Waals surface area (Å²) in [5, 5.41) is 8.24. The fraction of sp³-hybridized carbons (Fsp3) is 0.208. The minimum Gasteiger partial charge on any atom is -0.462 e. The number of aromatic nitrogens is 3. The Bertz CT molecular complexity index is 1270. The molecule has 0 saturated heterocycles. The second-order valence-electron chi connectivity index (χ2n) is 7.34. The van der Waals surface area contributed by atoms with E-state index in [0.29, 0.717) is 41.0 Å². The average molecular weight is 487 g/mol. The van der Waals surface area contributed by atoms with E-state index < -0.39 is 11.7 Å². The molecule has 0 aliphatic carbocycles. The van der Waals surface area contributed by atoms with Crippen molar-refractivity contribution in [3.8, 4) is 0 Å². The molecule has 0 spiro atoms. The molecule has 0 fully saturated rings. The molecule has 4 aromatic rings. The summed E-state index contributed by atoms with van der Waals surface area (Å²) in [5.41, 5.74) is 2.27. The fourth-order valence-corrected chi connectivity index (χ4v) is 3.99. The molecule has 2 aromatic heterocycles. The summed E-state index contributed by atoms with van der Waals surface area (Å²) < 4.78 is 45.0. The maximum atomic E-state index is 12.8. The van der Waals surface area contributed by atoms with E-state index in [-0.39, 0.29) is 5.97 Å². The van der Waals surface area contributed by atoms with Crippen LogP contribution in [-0.4, -0.2) is 27.2 Å². The fourth-order valence-electron chi connectivity index (χ4n) is 3.20. The Hall–Kier alpha value is -3.53. The first-order valence-corrected chi connectivity index (χ1v) is 11.5. The zero-order chi connectivity index (χ0) is 24.1. The van der Waals surface area contributed by atoms with Crippen LogP contribution in [0.3, 0.4) is 0 Å². The maximum absolute atomic E-state index is 12.8. The Morgan fingerprint density at radius 3 is 2.44 bits per heavy atom. The third-order valence-corrected chi connectivity index (χ3v) is 5.85. The van der Waals surface area contributed by atoms with Crippen molar-refractivity contribution in [3.63, 3.8) is 0 Å². The highest BCUT2D eigenvalue weighted by Crippen LogP contribution is 2.29. The molecule has 6 nitrogen and oxygen atoms in total. The number of benzene rings is 2. The predicted octanol–water partition coefficient (Wildman–Crippen LogP) is 5.83. The summed E-state index contributed by atoms with van der Waals surface area (Å²) in [4.78, 5) is 16.4. The average Bonchev–Trinajstić information content (AvgIpc) is 3.30. The number of thioether (sulfide) groups is 1. The summed E-state index contributed by atoms with van der Waals surface area (Å²) in [5.74, 6) is 0.820. The molecule has 0 amide bonds. The lowest BCUT2D eigenvalue weighted by molar-refractivity contribution is -0.137. The van der Waals surface area contributed by atoms with Gasteiger partial charge in [0.05, 0.1) is 17.7 Å². The van der Waals surface area contributed by atoms with Crippen LogP contribution in [0.4, 0.5) is 19.0 Å². The maximum Gasteiger partial charge on any atom is 0.416 e. The van der Waals surface area contributed by atoms with Crippen molar-refractivity contribution in [2.45, 2.75) is 30.6 Å². The number of fused-ring (bicyclic) bond motifs is 1. The standard InChI is InChI=1S/C24H21F3N4O2S/c1-2-33-22(32)18-9-5-17(6-10-18)15-34-23-29-21(20-4-3-13-31(20)30-23)28-14-16-7-11-19(12-8-16)24(25,26)27/h3-13H,2,14-15H2,1H3,(H,28,29,30). The van der Waals surface area contributed by atoms with E-state index in [1.54, 1.807) is 29.8 Å². The molecule has 0 radical (unpaired) electrons. The molecule has 176 valence electrons. The van der Waals surface area contributed by atoms with Crippen LogP contribution in [0.1, 0.15) is 34.0 Å². The van der Waals surface area contributed by atoms with Gasteiger partial charge in [-0.1, -0.05) is 36.0 Å². The van der Waals surface area contributed by atoms with Gasteiger partial charge in [0.2, 0.25) is 5.16 Å². The van der Waals surface area contributed by atoms with Crippen LogP contribution < -0.4 is 5.32 Å². The highest BCUT2D eigenvalue weighted by Gasteiger charge is 2.29. The van der Waals surface area contributed by atoms with Crippen molar-refractivity contribution < 1.29 is 22.7 Å². The Kier molecular flexibility index (Phi) is 7.06. The van der Waals surface area contributed by atoms with Crippen LogP contribution in [0.5, 0.6) is 0 Å². The second-order valence-corrected chi connectivity index (χ2v) is 8.28. The number of hydrogen-bond donors (Lipinski definition) is 1. The summed E-state index contributed by atoms with van der Waals surface area (Å²) in [6.45, 7) is 2.40. The van der Waals surface area contributed by atoms with E-state index in [0.717, 1.165) is 23.2 Å². The van der Waals surface area contributed by atoms with Crippen molar-refractivity contribution in [1.82, 2.24) is 14.6 Å². The number of esters is 1. The number of alkyl halides is 3. The van der Waals surface area contributed by atoms with Crippen LogP contribution in [0.15, 0.2) is 72.0 Å². The normalized spacial score (nSPS) is 11.5. The van der Waals surface area contributed by atoms with Crippen molar-refractivity contribution in [1.29, 1.82) is 0 Å². The van der Waals surface area contributed by atoms with E-state index in [9.17, 15) is 18.0 Å². The molecular formula is C24H21F3N4O2S. The molecule has 0 unspecified atom stereocenters. The first kappa shape index (κ1) is 23.6. The van der Waals surface area contributed by atoms with Gasteiger partial charge in [0.1, 0.15) is 5.52 Å². The SMILES string of the molecule is CCOC(=O)c1ccc(CSc2nc(NCc3ccc(C(F)(F)F)cc3)c3cccn3n2)cc1. The van der Waals surface area contributed by atoms with Crippen molar-refractivity contribution in [3.05, 3.63) is 89.1 Å². The monoisotopic (exact) mass is 486 g/mol. The highest BCUT2D eigenvalue weighted by atomic mass is 32.2. The number of ether oxygens (including phenoxy) is 1. The number of nitrogens with one attached hydrogen (secondary N) is 1. The number of rotatable bonds is 8. The number of carbonyl (C=O) groups excluding carboxylic acids is 1. The van der Waals surface area contributed by atoms with Gasteiger partial charge in [0.25, 0.3) is 0 Å². The molecule has 0 saturated carbocycles. The molecule has 0 aliphatic heterocycles. The number of halogens is 3. The largest absolute Gasteiger partial charge is 0.462 e. The van der Waals surface area contributed by atoms with Crippen molar-refractivity contribution in [2.75, 3.05) is 11.9 Å². The van der Waals surface area contributed by atoms with Crippen LogP contribution in [0, 0.1) is 0 Å². The zero-order valence-electron chi connectivity index (χ0n) is 18.2. The summed E-state index contributed by atoms with van der Waals surface area (Å²) in [7, 11) is 0. The first-order chi connectivity index (χ1) is 16.3. The predicted molar refractivity (Wildman–Crippen MR) is 124 cm³/mol. The molecule has 1 N–H and O–H groups in total. The van der Waals surface area contributed by atoms with Crippen LogP contribution in [0.2, 0.25) is 0 Å². The van der Waals surface area contributed by atoms with Gasteiger partial charge in [-0.2, -0.15) is 13.2 Å². The highest BCUT2D eigenvalue weighted by molar-refractivity contribution is 7.98. The van der Waals surface area contributed by atoms with Gasteiger partial charge >= 0.3 is 12.1 Å². The lowest BCUT2D eigenvalue weighted by Crippen LogP contribution is -2.08. The molecule has 0 bridgehead atoms. The quantitative estimate of drug-likeness (QED) is 0.250. The number of carbonyl (C=O) groups is 1. The minimum atomic E-state index is -4.36. The van der Waals surface area contributed by atoms with E-state index in [1.807, 2.05) is 24.3 Å². The van der Waals surface area contributed by atoms with Gasteiger partial charge in [-0.15, -0.1) is 5.10 Å². The van der Waals surface area contributed by atoms with Crippen LogP contribution >= 0.6 is 11.8 Å². The topological polar surface area (TPSA) is 68.5 Å². The number of hydrogen-bond acceptors (Lipinski definition) is 6. The van der Waals surface area contributed by atoms with Gasteiger partial charge < -0.3 is 10.1 Å². The van der Waals surface area contributed by atoms with Gasteiger partial charge in [-0.3, -0.25) is 0 Å². The summed E-state index contributed by atoms with van der Waals surface area (Å²) in [6.07, 6.45) is -2.56. The zero-order valence-corrected chi connectivity index (χ0v) is 19.0. The van der Waals surface area contributed by atoms with Gasteiger partial charge in [-0.05, 0) is 54.4 Å². The lowest BCUT2D eigenvalue weighted by atomic mass is 10.1. The first-order valence-electron chi connectivity index (χ1n) is 10.5. The van der Waals surface area contributed by atoms with Gasteiger partial charge in [0, 0.05) is 18.5 Å². The Morgan fingerprint density at radius 2 is 1.76 bits per heavy atom. The van der Waals surface area contributed by atoms with Crippen LogP contribution in [-0.2, 0) is 23.2 Å². The molecule has 10 heteroatoms. The van der Waals surface area contributed by atoms with E-state index in [1.165, 1.54) is 23.9 Å². The summed E-state index contributed by atoms with van der Waals surface area (Å²) in [6, 6.07) is 15.9. The second kappa shape index (κ2) is 10.2. The third kappa shape index (κ3) is 5.69. The Balaban J connectivity index is 1.44. The molecule has 34 heavy (non-hydrogen) atoms. The van der Waals surface area contributed by atoms with Crippen molar-refractivity contribution in [2.24, 2.45) is 0 Å². The summed E-state index contributed by atoms with van der Waals surface area (Å²) >= 11 is 1.43. The van der Waals surface area contributed by atoms with Crippen LogP contribution in [0.25, 0.3) is 5.52 Å². The van der Waals surface area contributed by atoms with Crippen molar-refractivity contribution >= 4 is 29.1 Å². The molecule has 0 atom stereocenters. The van der Waals surface area contributed by atoms with Gasteiger partial charge in [0.15, 0.2) is 5.82 Å². The molecule has 4 rings (SSSR count). The minimum absolute atomic E-state index is 0.315. The smallest absolute Gasteiger partial charge is 0.416 e. The lowest BCUT2D eigenvalue weighted by Gasteiger charge is -2.11. The molecule has 2 heterocycles. The molecule has 2 aromatic carbocycles. The Labute approximate surface area is 198 Å². The van der Waals surface area contributed by atoms with E-state index in [2.05, 4.69) is 15.4 Å². The van der Waals surface area contributed by atoms with E-state index in [4.69, 9.17) is 4.74 Å². The molecular weight excluding hydrogens is 465 g/mol. The van der Waals surface area contributed by atoms with Gasteiger partial charge in [-0.25, -0.2) is 14.3 Å². The third-order valence-electron chi connectivity index (χ3n) is 4.95. The number of nitrogens with zero attached hydrogens (tertiary/aromatic N) is 3. The molecule has 0 aliphatic rings. The van der Waals surface area contributed by atoms with E-state index >= 15 is 0 Å². The number of anilines is 1. The Morgan fingerprint density at radius 1 is 1.06 bits per heavy atom.